The van der Waals surface area contributed by atoms with Crippen LogP contribution in [-0.4, -0.2) is 23.8 Å². The van der Waals surface area contributed by atoms with E-state index >= 15 is 0 Å². The average Bonchev–Trinajstić information content (AvgIpc) is 2.98. The van der Waals surface area contributed by atoms with Crippen LogP contribution in [0.25, 0.3) is 0 Å². The molecule has 96 valence electrons. The van der Waals surface area contributed by atoms with Crippen LogP contribution >= 0.6 is 12.4 Å². The molecule has 0 spiro atoms. The molecule has 1 atom stereocenters. The lowest BCUT2D eigenvalue weighted by molar-refractivity contribution is -0.162. The standard InChI is InChI=1S/C10H13NO5.ClH/c1-6(12)8(9(13)15-5-4-11)10(14)16-7-2-3-7;/h4-5,7-8H,2-3,11H2,1H3;1H. The van der Waals surface area contributed by atoms with Crippen molar-refractivity contribution < 1.29 is 23.9 Å². The topological polar surface area (TPSA) is 95.7 Å². The largest absolute Gasteiger partial charge is 0.461 e. The van der Waals surface area contributed by atoms with Crippen LogP contribution in [0.5, 0.6) is 0 Å². The fraction of sp³-hybridized carbons (Fsp3) is 0.500. The zero-order valence-corrected chi connectivity index (χ0v) is 10.1. The van der Waals surface area contributed by atoms with Crippen molar-refractivity contribution >= 4 is 30.1 Å². The molecule has 1 aliphatic rings. The molecule has 1 aliphatic carbocycles. The van der Waals surface area contributed by atoms with Crippen LogP contribution in [0.4, 0.5) is 0 Å². The first-order valence-electron chi connectivity index (χ1n) is 4.84. The Labute approximate surface area is 105 Å². The number of halogens is 1. The van der Waals surface area contributed by atoms with Gasteiger partial charge >= 0.3 is 11.9 Å². The van der Waals surface area contributed by atoms with Crippen LogP contribution in [0.1, 0.15) is 19.8 Å². The Bertz CT molecular complexity index is 338. The van der Waals surface area contributed by atoms with E-state index in [1.54, 1.807) is 0 Å². The van der Waals surface area contributed by atoms with Crippen LogP contribution in [0.15, 0.2) is 12.5 Å². The second-order valence-corrected chi connectivity index (χ2v) is 3.45. The maximum atomic E-state index is 11.4. The third kappa shape index (κ3) is 4.86. The number of Topliss-reactive ketones (excluding diaryl/α,β-unsaturated/α-hetero) is 1. The summed E-state index contributed by atoms with van der Waals surface area (Å²) in [5.41, 5.74) is 4.96. The maximum absolute atomic E-state index is 11.4. The van der Waals surface area contributed by atoms with Crippen molar-refractivity contribution in [3.63, 3.8) is 0 Å². The second kappa shape index (κ2) is 6.90. The average molecular weight is 264 g/mol. The Morgan fingerprint density at radius 1 is 1.29 bits per heavy atom. The lowest BCUT2D eigenvalue weighted by Gasteiger charge is -2.10. The lowest BCUT2D eigenvalue weighted by Crippen LogP contribution is -2.33. The van der Waals surface area contributed by atoms with Crippen molar-refractivity contribution in [3.8, 4) is 0 Å². The zero-order valence-electron chi connectivity index (χ0n) is 9.25. The van der Waals surface area contributed by atoms with Gasteiger partial charge in [0.15, 0.2) is 5.78 Å². The van der Waals surface area contributed by atoms with Gasteiger partial charge in [-0.3, -0.25) is 14.4 Å². The number of hydrogen-bond donors (Lipinski definition) is 1. The third-order valence-electron chi connectivity index (χ3n) is 1.95. The van der Waals surface area contributed by atoms with Crippen molar-refractivity contribution in [2.45, 2.75) is 25.9 Å². The highest BCUT2D eigenvalue weighted by atomic mass is 35.5. The van der Waals surface area contributed by atoms with Crippen molar-refractivity contribution in [2.24, 2.45) is 11.7 Å². The van der Waals surface area contributed by atoms with Crippen LogP contribution in [0.2, 0.25) is 0 Å². The lowest BCUT2D eigenvalue weighted by atomic mass is 10.1. The fourth-order valence-electron chi connectivity index (χ4n) is 1.02. The summed E-state index contributed by atoms with van der Waals surface area (Å²) in [4.78, 5) is 33.9. The van der Waals surface area contributed by atoms with Crippen LogP contribution in [0.3, 0.4) is 0 Å². The van der Waals surface area contributed by atoms with Crippen molar-refractivity contribution in [2.75, 3.05) is 0 Å². The molecule has 1 saturated carbocycles. The summed E-state index contributed by atoms with van der Waals surface area (Å²) < 4.78 is 9.34. The minimum atomic E-state index is -1.52. The Morgan fingerprint density at radius 2 is 1.88 bits per heavy atom. The van der Waals surface area contributed by atoms with Crippen LogP contribution in [0, 0.1) is 5.92 Å². The molecule has 0 heterocycles. The number of ketones is 1. The number of carbonyl (C=O) groups excluding carboxylic acids is 3. The summed E-state index contributed by atoms with van der Waals surface area (Å²) in [6, 6.07) is 0. The first kappa shape index (κ1) is 15.4. The van der Waals surface area contributed by atoms with Gasteiger partial charge in [0.25, 0.3) is 0 Å². The summed E-state index contributed by atoms with van der Waals surface area (Å²) in [5.74, 6) is -3.96. The molecule has 1 fully saturated rings. The Morgan fingerprint density at radius 3 is 2.29 bits per heavy atom. The molecule has 0 aromatic heterocycles. The molecule has 7 heteroatoms. The molecule has 0 aromatic carbocycles. The number of rotatable bonds is 5. The van der Waals surface area contributed by atoms with E-state index in [-0.39, 0.29) is 18.5 Å². The molecule has 0 radical (unpaired) electrons. The highest BCUT2D eigenvalue weighted by Gasteiger charge is 2.37. The molecule has 0 aliphatic heterocycles. The van der Waals surface area contributed by atoms with Gasteiger partial charge in [0, 0.05) is 6.20 Å². The Hall–Kier alpha value is -1.56. The Balaban J connectivity index is 0.00000256. The summed E-state index contributed by atoms with van der Waals surface area (Å²) >= 11 is 0. The summed E-state index contributed by atoms with van der Waals surface area (Å²) in [5, 5.41) is 0. The molecule has 0 bridgehead atoms. The molecule has 2 N–H and O–H groups in total. The highest BCUT2D eigenvalue weighted by Crippen LogP contribution is 2.25. The third-order valence-corrected chi connectivity index (χ3v) is 1.95. The van der Waals surface area contributed by atoms with E-state index < -0.39 is 23.6 Å². The van der Waals surface area contributed by atoms with Crippen molar-refractivity contribution in [3.05, 3.63) is 12.5 Å². The van der Waals surface area contributed by atoms with E-state index in [4.69, 9.17) is 10.5 Å². The van der Waals surface area contributed by atoms with E-state index in [0.717, 1.165) is 32.2 Å². The summed E-state index contributed by atoms with van der Waals surface area (Å²) in [7, 11) is 0. The van der Waals surface area contributed by atoms with Gasteiger partial charge in [-0.2, -0.15) is 0 Å². The summed E-state index contributed by atoms with van der Waals surface area (Å²) in [6.07, 6.45) is 3.28. The van der Waals surface area contributed by atoms with E-state index in [1.165, 1.54) is 0 Å². The number of nitrogens with two attached hydrogens (primary N) is 1. The number of ether oxygens (including phenoxy) is 2. The highest BCUT2D eigenvalue weighted by molar-refractivity contribution is 6.14. The molecule has 0 saturated heterocycles. The first-order chi connectivity index (χ1) is 7.56. The predicted octanol–water partition coefficient (Wildman–Crippen LogP) is 0.292. The fourth-order valence-corrected chi connectivity index (χ4v) is 1.02. The van der Waals surface area contributed by atoms with Gasteiger partial charge in [0.1, 0.15) is 12.4 Å². The Kier molecular flexibility index (Phi) is 6.27. The smallest absolute Gasteiger partial charge is 0.332 e. The number of hydrogen-bond acceptors (Lipinski definition) is 6. The van der Waals surface area contributed by atoms with Gasteiger partial charge in [-0.05, 0) is 19.8 Å². The van der Waals surface area contributed by atoms with E-state index in [0.29, 0.717) is 0 Å². The summed E-state index contributed by atoms with van der Waals surface area (Å²) in [6.45, 7) is 1.13. The van der Waals surface area contributed by atoms with Crippen LogP contribution < -0.4 is 5.73 Å². The minimum Gasteiger partial charge on any atom is -0.461 e. The molecule has 17 heavy (non-hydrogen) atoms. The van der Waals surface area contributed by atoms with E-state index in [1.807, 2.05) is 0 Å². The molecular formula is C10H14ClNO5. The van der Waals surface area contributed by atoms with E-state index in [9.17, 15) is 14.4 Å². The second-order valence-electron chi connectivity index (χ2n) is 3.45. The predicted molar refractivity (Wildman–Crippen MR) is 60.0 cm³/mol. The zero-order chi connectivity index (χ0) is 12.1. The first-order valence-corrected chi connectivity index (χ1v) is 4.84. The molecule has 0 aromatic rings. The molecule has 6 nitrogen and oxygen atoms in total. The minimum absolute atomic E-state index is 0. The molecular weight excluding hydrogens is 250 g/mol. The van der Waals surface area contributed by atoms with Crippen molar-refractivity contribution in [1.82, 2.24) is 0 Å². The van der Waals surface area contributed by atoms with Gasteiger partial charge in [-0.25, -0.2) is 0 Å². The van der Waals surface area contributed by atoms with Gasteiger partial charge in [-0.1, -0.05) is 0 Å². The SMILES string of the molecule is CC(=O)C(C(=O)OC=CN)C(=O)OC1CC1.Cl. The van der Waals surface area contributed by atoms with Gasteiger partial charge < -0.3 is 15.2 Å². The normalized spacial score (nSPS) is 15.8. The molecule has 0 amide bonds. The van der Waals surface area contributed by atoms with Gasteiger partial charge in [0.05, 0.1) is 0 Å². The van der Waals surface area contributed by atoms with Crippen LogP contribution in [-0.2, 0) is 23.9 Å². The monoisotopic (exact) mass is 263 g/mol. The van der Waals surface area contributed by atoms with Gasteiger partial charge in [0.2, 0.25) is 5.92 Å². The maximum Gasteiger partial charge on any atom is 0.332 e. The molecule has 1 unspecified atom stereocenters. The van der Waals surface area contributed by atoms with E-state index in [2.05, 4.69) is 4.74 Å². The molecule has 1 rings (SSSR count). The van der Waals surface area contributed by atoms with Crippen molar-refractivity contribution in [1.29, 1.82) is 0 Å². The quantitative estimate of drug-likeness (QED) is 0.435. The van der Waals surface area contributed by atoms with Gasteiger partial charge in [-0.15, -0.1) is 12.4 Å². The number of carbonyl (C=O) groups is 3. The number of esters is 2.